The fourth-order valence-electron chi connectivity index (χ4n) is 0.969. The number of rotatable bonds is 4. The van der Waals surface area contributed by atoms with Crippen LogP contribution in [0.15, 0.2) is 0 Å². The standard InChI is InChI=1S/C9H18O/c1-5-8(2)9(3,4)6-7-10/h7-8H,5-6H2,1-4H3. The van der Waals surface area contributed by atoms with Gasteiger partial charge in [-0.3, -0.25) is 0 Å². The first-order valence-electron chi connectivity index (χ1n) is 3.98. The average Bonchev–Trinajstić information content (AvgIpc) is 1.86. The molecule has 0 aliphatic heterocycles. The second-order valence-electron chi connectivity index (χ2n) is 3.67. The second-order valence-corrected chi connectivity index (χ2v) is 3.67. The molecule has 0 aliphatic carbocycles. The Bertz CT molecular complexity index is 105. The highest BCUT2D eigenvalue weighted by Crippen LogP contribution is 2.31. The lowest BCUT2D eigenvalue weighted by atomic mass is 9.76. The Hall–Kier alpha value is -0.330. The molecule has 0 saturated carbocycles. The lowest BCUT2D eigenvalue weighted by Crippen LogP contribution is -2.21. The Balaban J connectivity index is 3.94. The van der Waals surface area contributed by atoms with Crippen LogP contribution in [0, 0.1) is 11.3 Å². The SMILES string of the molecule is CCC(C)C(C)(C)CC=O. The minimum Gasteiger partial charge on any atom is -0.303 e. The van der Waals surface area contributed by atoms with E-state index >= 15 is 0 Å². The Morgan fingerprint density at radius 1 is 1.50 bits per heavy atom. The first-order valence-corrected chi connectivity index (χ1v) is 3.98. The van der Waals surface area contributed by atoms with Crippen LogP contribution in [0.2, 0.25) is 0 Å². The molecule has 0 bridgehead atoms. The van der Waals surface area contributed by atoms with Crippen molar-refractivity contribution in [2.75, 3.05) is 0 Å². The van der Waals surface area contributed by atoms with E-state index in [-0.39, 0.29) is 5.41 Å². The topological polar surface area (TPSA) is 17.1 Å². The van der Waals surface area contributed by atoms with Crippen molar-refractivity contribution in [1.82, 2.24) is 0 Å². The zero-order valence-electron chi connectivity index (χ0n) is 7.48. The van der Waals surface area contributed by atoms with E-state index in [9.17, 15) is 4.79 Å². The summed E-state index contributed by atoms with van der Waals surface area (Å²) in [6, 6.07) is 0. The highest BCUT2D eigenvalue weighted by Gasteiger charge is 2.23. The van der Waals surface area contributed by atoms with Gasteiger partial charge in [-0.25, -0.2) is 0 Å². The zero-order chi connectivity index (χ0) is 8.20. The lowest BCUT2D eigenvalue weighted by molar-refractivity contribution is -0.110. The van der Waals surface area contributed by atoms with Gasteiger partial charge in [-0.15, -0.1) is 0 Å². The summed E-state index contributed by atoms with van der Waals surface area (Å²) < 4.78 is 0. The average molecular weight is 142 g/mol. The van der Waals surface area contributed by atoms with E-state index < -0.39 is 0 Å². The van der Waals surface area contributed by atoms with Gasteiger partial charge in [-0.2, -0.15) is 0 Å². The van der Waals surface area contributed by atoms with E-state index in [1.165, 1.54) is 0 Å². The number of carbonyl (C=O) groups excluding carboxylic acids is 1. The van der Waals surface area contributed by atoms with Crippen LogP contribution in [-0.2, 0) is 4.79 Å². The van der Waals surface area contributed by atoms with Gasteiger partial charge in [0.15, 0.2) is 0 Å². The van der Waals surface area contributed by atoms with E-state index in [4.69, 9.17) is 0 Å². The van der Waals surface area contributed by atoms with Crippen LogP contribution >= 0.6 is 0 Å². The number of hydrogen-bond donors (Lipinski definition) is 0. The van der Waals surface area contributed by atoms with Crippen molar-refractivity contribution in [2.24, 2.45) is 11.3 Å². The van der Waals surface area contributed by atoms with Gasteiger partial charge in [0.25, 0.3) is 0 Å². The summed E-state index contributed by atoms with van der Waals surface area (Å²) in [5.74, 6) is 0.637. The third kappa shape index (κ3) is 2.51. The Labute approximate surface area is 63.8 Å². The Morgan fingerprint density at radius 3 is 2.30 bits per heavy atom. The van der Waals surface area contributed by atoms with Gasteiger partial charge in [0.1, 0.15) is 6.29 Å². The summed E-state index contributed by atoms with van der Waals surface area (Å²) in [6.45, 7) is 8.66. The molecule has 0 aromatic rings. The summed E-state index contributed by atoms with van der Waals surface area (Å²) in [6.07, 6.45) is 2.86. The molecule has 1 heteroatoms. The van der Waals surface area contributed by atoms with Crippen molar-refractivity contribution in [1.29, 1.82) is 0 Å². The third-order valence-electron chi connectivity index (χ3n) is 2.56. The lowest BCUT2D eigenvalue weighted by Gasteiger charge is -2.28. The molecule has 1 nitrogen and oxygen atoms in total. The number of aldehydes is 1. The fraction of sp³-hybridized carbons (Fsp3) is 0.889. The summed E-state index contributed by atoms with van der Waals surface area (Å²) in [5.41, 5.74) is 0.191. The van der Waals surface area contributed by atoms with Gasteiger partial charge in [-0.1, -0.05) is 34.1 Å². The largest absolute Gasteiger partial charge is 0.303 e. The van der Waals surface area contributed by atoms with Crippen LogP contribution in [0.3, 0.4) is 0 Å². The van der Waals surface area contributed by atoms with Crippen molar-refractivity contribution in [3.63, 3.8) is 0 Å². The fourth-order valence-corrected chi connectivity index (χ4v) is 0.969. The van der Waals surface area contributed by atoms with Crippen LogP contribution < -0.4 is 0 Å². The maximum atomic E-state index is 10.2. The van der Waals surface area contributed by atoms with E-state index in [2.05, 4.69) is 27.7 Å². The van der Waals surface area contributed by atoms with Gasteiger partial charge < -0.3 is 4.79 Å². The molecule has 60 valence electrons. The first-order chi connectivity index (χ1) is 4.54. The maximum absolute atomic E-state index is 10.2. The zero-order valence-corrected chi connectivity index (χ0v) is 7.48. The van der Waals surface area contributed by atoms with Crippen LogP contribution in [0.4, 0.5) is 0 Å². The van der Waals surface area contributed by atoms with Crippen molar-refractivity contribution < 1.29 is 4.79 Å². The monoisotopic (exact) mass is 142 g/mol. The highest BCUT2D eigenvalue weighted by atomic mass is 16.1. The van der Waals surface area contributed by atoms with Gasteiger partial charge in [0, 0.05) is 6.42 Å². The molecule has 0 radical (unpaired) electrons. The highest BCUT2D eigenvalue weighted by molar-refractivity contribution is 5.50. The van der Waals surface area contributed by atoms with E-state index in [1.807, 2.05) is 0 Å². The molecule has 1 unspecified atom stereocenters. The molecule has 0 aliphatic rings. The Kier molecular flexibility index (Phi) is 3.62. The van der Waals surface area contributed by atoms with Crippen molar-refractivity contribution in [3.8, 4) is 0 Å². The minimum atomic E-state index is 0.191. The van der Waals surface area contributed by atoms with E-state index in [0.29, 0.717) is 12.3 Å². The molecular formula is C9H18O. The van der Waals surface area contributed by atoms with Crippen LogP contribution in [0.1, 0.15) is 40.5 Å². The predicted molar refractivity (Wildman–Crippen MR) is 43.9 cm³/mol. The van der Waals surface area contributed by atoms with Crippen molar-refractivity contribution >= 4 is 6.29 Å². The molecule has 0 heterocycles. The molecule has 0 N–H and O–H groups in total. The Morgan fingerprint density at radius 2 is 2.00 bits per heavy atom. The summed E-state index contributed by atoms with van der Waals surface area (Å²) in [7, 11) is 0. The molecule has 0 aromatic carbocycles. The minimum absolute atomic E-state index is 0.191. The normalized spacial score (nSPS) is 14.8. The molecular weight excluding hydrogens is 124 g/mol. The quantitative estimate of drug-likeness (QED) is 0.551. The van der Waals surface area contributed by atoms with Crippen molar-refractivity contribution in [3.05, 3.63) is 0 Å². The van der Waals surface area contributed by atoms with E-state index in [0.717, 1.165) is 12.7 Å². The molecule has 0 amide bonds. The molecule has 0 aromatic heterocycles. The van der Waals surface area contributed by atoms with Crippen LogP contribution in [0.25, 0.3) is 0 Å². The number of carbonyl (C=O) groups is 1. The van der Waals surface area contributed by atoms with Crippen molar-refractivity contribution in [2.45, 2.75) is 40.5 Å². The summed E-state index contributed by atoms with van der Waals surface area (Å²) >= 11 is 0. The summed E-state index contributed by atoms with van der Waals surface area (Å²) in [4.78, 5) is 10.2. The third-order valence-corrected chi connectivity index (χ3v) is 2.56. The van der Waals surface area contributed by atoms with Crippen LogP contribution in [0.5, 0.6) is 0 Å². The van der Waals surface area contributed by atoms with Crippen LogP contribution in [-0.4, -0.2) is 6.29 Å². The van der Waals surface area contributed by atoms with Gasteiger partial charge in [0.2, 0.25) is 0 Å². The second kappa shape index (κ2) is 3.75. The van der Waals surface area contributed by atoms with Gasteiger partial charge in [-0.05, 0) is 11.3 Å². The molecule has 10 heavy (non-hydrogen) atoms. The first kappa shape index (κ1) is 9.67. The molecule has 0 saturated heterocycles. The summed E-state index contributed by atoms with van der Waals surface area (Å²) in [5, 5.41) is 0. The molecule has 0 rings (SSSR count). The number of hydrogen-bond acceptors (Lipinski definition) is 1. The molecule has 0 fully saturated rings. The predicted octanol–water partition coefficient (Wildman–Crippen LogP) is 2.65. The van der Waals surface area contributed by atoms with Gasteiger partial charge >= 0.3 is 0 Å². The molecule has 1 atom stereocenters. The van der Waals surface area contributed by atoms with E-state index in [1.54, 1.807) is 0 Å². The molecule has 0 spiro atoms. The smallest absolute Gasteiger partial charge is 0.120 e. The van der Waals surface area contributed by atoms with Gasteiger partial charge in [0.05, 0.1) is 0 Å². The maximum Gasteiger partial charge on any atom is 0.120 e.